The van der Waals surface area contributed by atoms with E-state index in [1.54, 1.807) is 0 Å². The number of ether oxygens (including phenoxy) is 1. The van der Waals surface area contributed by atoms with Crippen LogP contribution in [0.5, 0.6) is 5.75 Å². The van der Waals surface area contributed by atoms with Crippen molar-refractivity contribution >= 4 is 5.91 Å². The van der Waals surface area contributed by atoms with Crippen molar-refractivity contribution in [2.75, 3.05) is 13.7 Å². The molecule has 6 nitrogen and oxygen atoms in total. The third-order valence-corrected chi connectivity index (χ3v) is 3.81. The molecule has 1 aliphatic rings. The number of methoxy groups -OCH3 is 1. The Morgan fingerprint density at radius 1 is 1.43 bits per heavy atom. The van der Waals surface area contributed by atoms with Crippen LogP contribution in [0.4, 0.5) is 8.78 Å². The number of carbonyl (C=O) groups is 1. The molecule has 0 radical (unpaired) electrons. The van der Waals surface area contributed by atoms with Crippen molar-refractivity contribution in [1.29, 1.82) is 0 Å². The summed E-state index contributed by atoms with van der Waals surface area (Å²) >= 11 is 0. The van der Waals surface area contributed by atoms with Gasteiger partial charge in [0.25, 0.3) is 0 Å². The highest BCUT2D eigenvalue weighted by Gasteiger charge is 2.28. The van der Waals surface area contributed by atoms with E-state index < -0.39 is 17.7 Å². The predicted octanol–water partition coefficient (Wildman–Crippen LogP) is 1.20. The molecule has 2 heterocycles. The van der Waals surface area contributed by atoms with Gasteiger partial charge in [-0.3, -0.25) is 4.79 Å². The van der Waals surface area contributed by atoms with Gasteiger partial charge in [0.15, 0.2) is 11.6 Å². The number of nitrogens with zero attached hydrogens (tertiary/aromatic N) is 1. The molecule has 0 saturated heterocycles. The van der Waals surface area contributed by atoms with E-state index in [1.165, 1.54) is 25.6 Å². The molecule has 1 aromatic carbocycles. The fraction of sp³-hybridized carbons (Fsp3) is 0.333. The summed E-state index contributed by atoms with van der Waals surface area (Å²) in [7, 11) is 1.26. The zero-order chi connectivity index (χ0) is 16.4. The molecule has 3 rings (SSSR count). The minimum absolute atomic E-state index is 0.0507. The Labute approximate surface area is 131 Å². The number of hydrogen-bond donors (Lipinski definition) is 3. The van der Waals surface area contributed by atoms with Crippen LogP contribution in [-0.4, -0.2) is 29.5 Å². The molecule has 3 N–H and O–H groups in total. The molecule has 0 bridgehead atoms. The van der Waals surface area contributed by atoms with Crippen LogP contribution in [0, 0.1) is 11.6 Å². The first-order valence-corrected chi connectivity index (χ1v) is 7.16. The quantitative estimate of drug-likeness (QED) is 0.790. The van der Waals surface area contributed by atoms with Crippen molar-refractivity contribution in [3.8, 4) is 5.75 Å². The Hall–Kier alpha value is -2.48. The van der Waals surface area contributed by atoms with Gasteiger partial charge in [0.1, 0.15) is 6.04 Å². The van der Waals surface area contributed by atoms with Crippen molar-refractivity contribution in [2.24, 2.45) is 0 Å². The third-order valence-electron chi connectivity index (χ3n) is 3.81. The number of aromatic amines is 1. The van der Waals surface area contributed by atoms with Gasteiger partial charge in [0.05, 0.1) is 19.1 Å². The van der Waals surface area contributed by atoms with Crippen molar-refractivity contribution in [1.82, 2.24) is 20.6 Å². The van der Waals surface area contributed by atoms with Gasteiger partial charge in [-0.1, -0.05) is 6.07 Å². The summed E-state index contributed by atoms with van der Waals surface area (Å²) in [5.74, 6) is -2.60. The molecule has 1 atom stereocenters. The molecule has 0 unspecified atom stereocenters. The summed E-state index contributed by atoms with van der Waals surface area (Å²) in [5, 5.41) is 5.66. The lowest BCUT2D eigenvalue weighted by atomic mass is 10.0. The average molecular weight is 322 g/mol. The molecule has 1 aliphatic heterocycles. The van der Waals surface area contributed by atoms with Crippen LogP contribution < -0.4 is 15.4 Å². The Bertz CT molecular complexity index is 732. The number of imidazole rings is 1. The standard InChI is InChI=1S/C15H16F2N4O2/c1-23-10-3-2-8(11(16)12(10)17)6-19-15(22)14-13-9(4-5-18-14)20-7-21-13/h2-3,7,14,18H,4-6H2,1H3,(H,19,22)(H,20,21)/t14-/m1/s1. The molecule has 23 heavy (non-hydrogen) atoms. The van der Waals surface area contributed by atoms with Gasteiger partial charge in [-0.05, 0) is 6.07 Å². The van der Waals surface area contributed by atoms with Crippen molar-refractivity contribution in [3.05, 3.63) is 47.0 Å². The fourth-order valence-electron chi connectivity index (χ4n) is 2.59. The Kier molecular flexibility index (Phi) is 4.24. The number of nitrogens with one attached hydrogen (secondary N) is 3. The molecule has 122 valence electrons. The molecule has 2 aromatic rings. The summed E-state index contributed by atoms with van der Waals surface area (Å²) in [6.07, 6.45) is 2.30. The van der Waals surface area contributed by atoms with Crippen molar-refractivity contribution in [3.63, 3.8) is 0 Å². The highest BCUT2D eigenvalue weighted by Crippen LogP contribution is 2.23. The van der Waals surface area contributed by atoms with E-state index in [-0.39, 0.29) is 23.8 Å². The average Bonchev–Trinajstić information content (AvgIpc) is 3.04. The first kappa shape index (κ1) is 15.4. The van der Waals surface area contributed by atoms with Gasteiger partial charge in [-0.15, -0.1) is 0 Å². The summed E-state index contributed by atoms with van der Waals surface area (Å²) in [4.78, 5) is 19.4. The summed E-state index contributed by atoms with van der Waals surface area (Å²) in [5.41, 5.74) is 1.59. The van der Waals surface area contributed by atoms with E-state index >= 15 is 0 Å². The predicted molar refractivity (Wildman–Crippen MR) is 77.8 cm³/mol. The maximum Gasteiger partial charge on any atom is 0.243 e. The lowest BCUT2D eigenvalue weighted by molar-refractivity contribution is -0.123. The number of aromatic nitrogens is 2. The number of hydrogen-bond acceptors (Lipinski definition) is 4. The topological polar surface area (TPSA) is 79.0 Å². The van der Waals surface area contributed by atoms with Gasteiger partial charge in [-0.25, -0.2) is 9.37 Å². The summed E-state index contributed by atoms with van der Waals surface area (Å²) in [6.45, 7) is 0.516. The monoisotopic (exact) mass is 322 g/mol. The van der Waals surface area contributed by atoms with Gasteiger partial charge in [0, 0.05) is 30.8 Å². The van der Waals surface area contributed by atoms with Crippen LogP contribution in [0.3, 0.4) is 0 Å². The minimum Gasteiger partial charge on any atom is -0.494 e. The van der Waals surface area contributed by atoms with Gasteiger partial charge >= 0.3 is 0 Å². The van der Waals surface area contributed by atoms with E-state index in [4.69, 9.17) is 4.74 Å². The Morgan fingerprint density at radius 3 is 3.04 bits per heavy atom. The molecule has 0 spiro atoms. The lowest BCUT2D eigenvalue weighted by Crippen LogP contribution is -2.41. The normalized spacial score (nSPS) is 16.7. The van der Waals surface area contributed by atoms with Crippen LogP contribution in [0.1, 0.15) is 23.0 Å². The molecular formula is C15H16F2N4O2. The third kappa shape index (κ3) is 2.89. The minimum atomic E-state index is -1.07. The number of rotatable bonds is 4. The van der Waals surface area contributed by atoms with Crippen LogP contribution in [-0.2, 0) is 17.8 Å². The van der Waals surface area contributed by atoms with E-state index in [9.17, 15) is 13.6 Å². The molecule has 0 fully saturated rings. The van der Waals surface area contributed by atoms with Crippen molar-refractivity contribution in [2.45, 2.75) is 19.0 Å². The highest BCUT2D eigenvalue weighted by atomic mass is 19.2. The number of benzene rings is 1. The molecular weight excluding hydrogens is 306 g/mol. The van der Waals surface area contributed by atoms with E-state index in [0.717, 1.165) is 12.1 Å². The second kappa shape index (κ2) is 6.33. The molecule has 1 aromatic heterocycles. The zero-order valence-corrected chi connectivity index (χ0v) is 12.5. The summed E-state index contributed by atoms with van der Waals surface area (Å²) < 4.78 is 32.3. The number of halogens is 2. The first-order chi connectivity index (χ1) is 11.1. The van der Waals surface area contributed by atoms with Gasteiger partial charge in [0.2, 0.25) is 11.7 Å². The molecule has 1 amide bonds. The van der Waals surface area contributed by atoms with Gasteiger partial charge in [-0.2, -0.15) is 4.39 Å². The van der Waals surface area contributed by atoms with Crippen LogP contribution in [0.2, 0.25) is 0 Å². The second-order valence-electron chi connectivity index (χ2n) is 5.18. The second-order valence-corrected chi connectivity index (χ2v) is 5.18. The molecule has 0 saturated carbocycles. The van der Waals surface area contributed by atoms with Crippen LogP contribution >= 0.6 is 0 Å². The molecule has 0 aliphatic carbocycles. The van der Waals surface area contributed by atoms with Crippen molar-refractivity contribution < 1.29 is 18.3 Å². The van der Waals surface area contributed by atoms with E-state index in [1.807, 2.05) is 0 Å². The smallest absolute Gasteiger partial charge is 0.243 e. The Balaban J connectivity index is 1.70. The number of H-pyrrole nitrogens is 1. The van der Waals surface area contributed by atoms with E-state index in [2.05, 4.69) is 20.6 Å². The Morgan fingerprint density at radius 2 is 2.26 bits per heavy atom. The zero-order valence-electron chi connectivity index (χ0n) is 12.5. The number of fused-ring (bicyclic) bond motifs is 1. The number of carbonyl (C=O) groups excluding carboxylic acids is 1. The maximum absolute atomic E-state index is 13.9. The van der Waals surface area contributed by atoms with Crippen LogP contribution in [0.25, 0.3) is 0 Å². The maximum atomic E-state index is 13.9. The first-order valence-electron chi connectivity index (χ1n) is 7.16. The van der Waals surface area contributed by atoms with Crippen LogP contribution in [0.15, 0.2) is 18.5 Å². The SMILES string of the molecule is COc1ccc(CNC(=O)[C@@H]2NCCc3[nH]cnc32)c(F)c1F. The lowest BCUT2D eigenvalue weighted by Gasteiger charge is -2.22. The van der Waals surface area contributed by atoms with E-state index in [0.29, 0.717) is 12.2 Å². The molecule has 8 heteroatoms. The van der Waals surface area contributed by atoms with Gasteiger partial charge < -0.3 is 20.4 Å². The summed E-state index contributed by atoms with van der Waals surface area (Å²) in [6, 6.07) is 2.10. The number of amides is 1. The largest absolute Gasteiger partial charge is 0.494 e. The fourth-order valence-corrected chi connectivity index (χ4v) is 2.59. The highest BCUT2D eigenvalue weighted by molar-refractivity contribution is 5.83.